The molecule has 1 fully saturated rings. The van der Waals surface area contributed by atoms with Crippen LogP contribution in [0.15, 0.2) is 29.3 Å². The Labute approximate surface area is 107 Å². The third kappa shape index (κ3) is 1.97. The number of guanidine groups is 1. The van der Waals surface area contributed by atoms with Crippen LogP contribution in [0.1, 0.15) is 12.0 Å². The van der Waals surface area contributed by atoms with Gasteiger partial charge >= 0.3 is 0 Å². The van der Waals surface area contributed by atoms with Gasteiger partial charge in [0, 0.05) is 18.2 Å². The van der Waals surface area contributed by atoms with Gasteiger partial charge in [-0.05, 0) is 31.0 Å². The average Bonchev–Trinajstić information content (AvgIpc) is 2.97. The molecule has 0 radical (unpaired) electrons. The Bertz CT molecular complexity index is 466. The first-order valence-electron chi connectivity index (χ1n) is 6.49. The number of rotatable bonds is 2. The first kappa shape index (κ1) is 11.5. The van der Waals surface area contributed by atoms with E-state index < -0.39 is 0 Å². The number of nitrogens with two attached hydrogens (primary N) is 1. The molecular weight excluding hydrogens is 226 g/mol. The minimum absolute atomic E-state index is 0.356. The van der Waals surface area contributed by atoms with Crippen molar-refractivity contribution in [2.24, 2.45) is 16.6 Å². The summed E-state index contributed by atoms with van der Waals surface area (Å²) in [6, 6.07) is 8.79. The topological polar surface area (TPSA) is 50.8 Å². The second-order valence-corrected chi connectivity index (χ2v) is 5.10. The van der Waals surface area contributed by atoms with E-state index in [0.717, 1.165) is 31.9 Å². The van der Waals surface area contributed by atoms with E-state index in [0.29, 0.717) is 17.9 Å². The van der Waals surface area contributed by atoms with Crippen LogP contribution in [0.2, 0.25) is 0 Å². The Balaban J connectivity index is 1.89. The summed E-state index contributed by atoms with van der Waals surface area (Å²) in [6.07, 6.45) is 1.11. The quantitative estimate of drug-likeness (QED) is 0.859. The molecule has 2 unspecified atom stereocenters. The number of aliphatic imine (C=N–C) groups is 1. The van der Waals surface area contributed by atoms with Crippen molar-refractivity contribution < 1.29 is 4.74 Å². The van der Waals surface area contributed by atoms with Crippen molar-refractivity contribution in [2.45, 2.75) is 19.4 Å². The van der Waals surface area contributed by atoms with Gasteiger partial charge in [-0.25, -0.2) is 0 Å². The van der Waals surface area contributed by atoms with Gasteiger partial charge in [-0.15, -0.1) is 0 Å². The molecule has 2 heterocycles. The van der Waals surface area contributed by atoms with Crippen LogP contribution in [-0.4, -0.2) is 31.8 Å². The van der Waals surface area contributed by atoms with E-state index >= 15 is 0 Å². The van der Waals surface area contributed by atoms with Gasteiger partial charge in [-0.1, -0.05) is 12.1 Å². The predicted molar refractivity (Wildman–Crippen MR) is 72.9 cm³/mol. The first-order valence-corrected chi connectivity index (χ1v) is 6.49. The number of nitrogens with zero attached hydrogens (tertiary/aromatic N) is 2. The van der Waals surface area contributed by atoms with Crippen LogP contribution in [0.25, 0.3) is 0 Å². The van der Waals surface area contributed by atoms with Crippen molar-refractivity contribution >= 4 is 11.6 Å². The number of anilines is 1. The van der Waals surface area contributed by atoms with Gasteiger partial charge in [0.05, 0.1) is 19.2 Å². The lowest BCUT2D eigenvalue weighted by molar-refractivity contribution is 0.182. The third-order valence-corrected chi connectivity index (χ3v) is 3.81. The molecule has 2 N–H and O–H groups in total. The van der Waals surface area contributed by atoms with Crippen molar-refractivity contribution in [3.8, 4) is 0 Å². The lowest BCUT2D eigenvalue weighted by Gasteiger charge is -2.30. The number of ether oxygens (including phenoxy) is 1. The fourth-order valence-corrected chi connectivity index (χ4v) is 2.83. The number of aryl methyl sites for hydroxylation is 1. The van der Waals surface area contributed by atoms with E-state index in [-0.39, 0.29) is 0 Å². The maximum absolute atomic E-state index is 6.05. The highest BCUT2D eigenvalue weighted by atomic mass is 16.5. The fourth-order valence-electron chi connectivity index (χ4n) is 2.83. The molecular formula is C14H19N3O. The second-order valence-electron chi connectivity index (χ2n) is 5.10. The van der Waals surface area contributed by atoms with Gasteiger partial charge < -0.3 is 15.4 Å². The standard InChI is InChI=1S/C14H19N3O/c1-10-3-2-4-12(7-10)17-13(8-16-14(17)15)11-5-6-18-9-11/h2-4,7,11,13H,5-6,8-9H2,1H3,(H2,15,16). The van der Waals surface area contributed by atoms with E-state index in [4.69, 9.17) is 10.5 Å². The summed E-state index contributed by atoms with van der Waals surface area (Å²) in [5, 5.41) is 0. The molecule has 2 aliphatic heterocycles. The van der Waals surface area contributed by atoms with Crippen molar-refractivity contribution in [2.75, 3.05) is 24.7 Å². The molecule has 3 rings (SSSR count). The maximum atomic E-state index is 6.05. The van der Waals surface area contributed by atoms with E-state index in [9.17, 15) is 0 Å². The number of benzene rings is 1. The molecule has 1 saturated heterocycles. The molecule has 1 aromatic carbocycles. The van der Waals surface area contributed by atoms with Gasteiger partial charge in [-0.2, -0.15) is 0 Å². The minimum atomic E-state index is 0.356. The van der Waals surface area contributed by atoms with Crippen LogP contribution in [0.4, 0.5) is 5.69 Å². The van der Waals surface area contributed by atoms with E-state index in [1.54, 1.807) is 0 Å². The SMILES string of the molecule is Cc1cccc(N2C(N)=NCC2C2CCOC2)c1. The minimum Gasteiger partial charge on any atom is -0.381 e. The monoisotopic (exact) mass is 245 g/mol. The molecule has 0 bridgehead atoms. The summed E-state index contributed by atoms with van der Waals surface area (Å²) < 4.78 is 5.49. The number of hydrogen-bond donors (Lipinski definition) is 1. The summed E-state index contributed by atoms with van der Waals surface area (Å²) in [7, 11) is 0. The maximum Gasteiger partial charge on any atom is 0.196 e. The Morgan fingerprint density at radius 1 is 1.44 bits per heavy atom. The highest BCUT2D eigenvalue weighted by Gasteiger charge is 2.35. The molecule has 0 saturated carbocycles. The summed E-state index contributed by atoms with van der Waals surface area (Å²) in [6.45, 7) is 4.58. The van der Waals surface area contributed by atoms with Crippen LogP contribution in [0.5, 0.6) is 0 Å². The summed E-state index contributed by atoms with van der Waals surface area (Å²) in [5.74, 6) is 1.17. The van der Waals surface area contributed by atoms with Crippen LogP contribution in [0.3, 0.4) is 0 Å². The summed E-state index contributed by atoms with van der Waals surface area (Å²) >= 11 is 0. The van der Waals surface area contributed by atoms with Crippen LogP contribution in [0, 0.1) is 12.8 Å². The smallest absolute Gasteiger partial charge is 0.196 e. The molecule has 0 aliphatic carbocycles. The molecule has 0 amide bonds. The molecule has 18 heavy (non-hydrogen) atoms. The van der Waals surface area contributed by atoms with Crippen molar-refractivity contribution in [3.05, 3.63) is 29.8 Å². The summed E-state index contributed by atoms with van der Waals surface area (Å²) in [4.78, 5) is 6.59. The van der Waals surface area contributed by atoms with Gasteiger partial charge in [0.15, 0.2) is 5.96 Å². The zero-order chi connectivity index (χ0) is 12.5. The molecule has 1 aromatic rings. The van der Waals surface area contributed by atoms with Gasteiger partial charge in [0.1, 0.15) is 0 Å². The number of hydrogen-bond acceptors (Lipinski definition) is 4. The molecule has 4 nitrogen and oxygen atoms in total. The Morgan fingerprint density at radius 3 is 3.06 bits per heavy atom. The first-order chi connectivity index (χ1) is 8.75. The zero-order valence-electron chi connectivity index (χ0n) is 10.7. The van der Waals surface area contributed by atoms with E-state index in [2.05, 4.69) is 41.1 Å². The lowest BCUT2D eigenvalue weighted by atomic mass is 9.98. The Kier molecular flexibility index (Phi) is 2.96. The normalized spacial score (nSPS) is 27.6. The highest BCUT2D eigenvalue weighted by molar-refractivity contribution is 5.97. The molecule has 0 aromatic heterocycles. The summed E-state index contributed by atoms with van der Waals surface area (Å²) in [5.41, 5.74) is 8.44. The van der Waals surface area contributed by atoms with Crippen molar-refractivity contribution in [3.63, 3.8) is 0 Å². The zero-order valence-corrected chi connectivity index (χ0v) is 10.7. The van der Waals surface area contributed by atoms with E-state index in [1.807, 2.05) is 0 Å². The van der Waals surface area contributed by atoms with Crippen molar-refractivity contribution in [1.29, 1.82) is 0 Å². The van der Waals surface area contributed by atoms with Crippen LogP contribution in [-0.2, 0) is 4.74 Å². The van der Waals surface area contributed by atoms with Crippen LogP contribution >= 0.6 is 0 Å². The third-order valence-electron chi connectivity index (χ3n) is 3.81. The molecule has 2 aliphatic rings. The highest BCUT2D eigenvalue weighted by Crippen LogP contribution is 2.29. The Hall–Kier alpha value is -1.55. The van der Waals surface area contributed by atoms with Gasteiger partial charge in [0.2, 0.25) is 0 Å². The van der Waals surface area contributed by atoms with Gasteiger partial charge in [-0.3, -0.25) is 4.99 Å². The van der Waals surface area contributed by atoms with E-state index in [1.165, 1.54) is 5.56 Å². The fraction of sp³-hybridized carbons (Fsp3) is 0.500. The molecule has 2 atom stereocenters. The largest absolute Gasteiger partial charge is 0.381 e. The van der Waals surface area contributed by atoms with Crippen molar-refractivity contribution in [1.82, 2.24) is 0 Å². The molecule has 4 heteroatoms. The predicted octanol–water partition coefficient (Wildman–Crippen LogP) is 1.53. The lowest BCUT2D eigenvalue weighted by Crippen LogP contribution is -2.45. The Morgan fingerprint density at radius 2 is 2.33 bits per heavy atom. The van der Waals surface area contributed by atoms with Crippen LogP contribution < -0.4 is 10.6 Å². The molecule has 96 valence electrons. The average molecular weight is 245 g/mol. The molecule has 0 spiro atoms. The van der Waals surface area contributed by atoms with Gasteiger partial charge in [0.25, 0.3) is 0 Å². The second kappa shape index (κ2) is 4.61.